The van der Waals surface area contributed by atoms with Crippen LogP contribution in [-0.4, -0.2) is 29.3 Å². The van der Waals surface area contributed by atoms with Gasteiger partial charge >= 0.3 is 5.97 Å². The first kappa shape index (κ1) is 25.1. The molecule has 3 heterocycles. The smallest absolute Gasteiger partial charge is 0.337 e. The van der Waals surface area contributed by atoms with E-state index in [0.29, 0.717) is 22.5 Å². The molecule has 2 fully saturated rings. The molecule has 2 aromatic carbocycles. The number of nitrogens with one attached hydrogen (secondary N) is 1. The lowest BCUT2D eigenvalue weighted by molar-refractivity contribution is 0.0600. The summed E-state index contributed by atoms with van der Waals surface area (Å²) in [4.78, 5) is 18.5. The molecule has 1 aliphatic heterocycles. The average Bonchev–Trinajstić information content (AvgIpc) is 3.74. The molecule has 0 bridgehead atoms. The number of pyridine rings is 1. The van der Waals surface area contributed by atoms with E-state index >= 15 is 0 Å². The van der Waals surface area contributed by atoms with Crippen LogP contribution in [0.4, 0.5) is 5.69 Å². The lowest BCUT2D eigenvalue weighted by Crippen LogP contribution is -2.29. The van der Waals surface area contributed by atoms with Gasteiger partial charge in [-0.3, -0.25) is 4.98 Å². The maximum Gasteiger partial charge on any atom is 0.337 e. The molecule has 0 amide bonds. The molecular weight excluding hydrogens is 510 g/mol. The number of anilines is 1. The Morgan fingerprint density at radius 2 is 1.77 bits per heavy atom. The normalized spacial score (nSPS) is 19.2. The molecule has 198 valence electrons. The van der Waals surface area contributed by atoms with Crippen molar-refractivity contribution < 1.29 is 18.7 Å². The Bertz CT molecular complexity index is 1450. The number of methoxy groups -OCH3 is 1. The van der Waals surface area contributed by atoms with Crippen molar-refractivity contribution in [3.63, 3.8) is 0 Å². The van der Waals surface area contributed by atoms with Crippen LogP contribution in [0.3, 0.4) is 0 Å². The van der Waals surface area contributed by atoms with Crippen LogP contribution in [0.2, 0.25) is 0 Å². The van der Waals surface area contributed by atoms with Crippen LogP contribution in [0, 0.1) is 0 Å². The first-order valence-corrected chi connectivity index (χ1v) is 13.6. The lowest BCUT2D eigenvalue weighted by Gasteiger charge is -2.26. The molecule has 4 aromatic rings. The molecule has 6 rings (SSSR count). The minimum atomic E-state index is -0.374. The van der Waals surface area contributed by atoms with E-state index in [9.17, 15) is 4.79 Å². The second-order valence-corrected chi connectivity index (χ2v) is 10.2. The molecule has 7 nitrogen and oxygen atoms in total. The summed E-state index contributed by atoms with van der Waals surface area (Å²) in [7, 11) is 1.37. The van der Waals surface area contributed by atoms with Gasteiger partial charge in [0.25, 0.3) is 0 Å². The van der Waals surface area contributed by atoms with E-state index in [1.807, 2.05) is 66.7 Å². The molecule has 2 aromatic heterocycles. The van der Waals surface area contributed by atoms with E-state index in [1.165, 1.54) is 20.0 Å². The van der Waals surface area contributed by atoms with Gasteiger partial charge in [-0.15, -0.1) is 0 Å². The number of aromatic nitrogens is 1. The van der Waals surface area contributed by atoms with Gasteiger partial charge in [0.1, 0.15) is 23.3 Å². The topological polar surface area (TPSA) is 76.8 Å². The highest BCUT2D eigenvalue weighted by atomic mass is 32.1. The van der Waals surface area contributed by atoms with Crippen molar-refractivity contribution in [2.24, 2.45) is 0 Å². The van der Waals surface area contributed by atoms with Crippen molar-refractivity contribution in [2.75, 3.05) is 12.0 Å². The van der Waals surface area contributed by atoms with Crippen LogP contribution in [0.5, 0.6) is 5.75 Å². The molecule has 0 spiro atoms. The Morgan fingerprint density at radius 1 is 1.00 bits per heavy atom. The number of furan rings is 1. The number of hydrogen-bond donors (Lipinski definition) is 1. The molecular formula is C31H29N3O4S. The first-order valence-electron chi connectivity index (χ1n) is 13.2. The zero-order valence-electron chi connectivity index (χ0n) is 21.6. The quantitative estimate of drug-likeness (QED) is 0.207. The van der Waals surface area contributed by atoms with Gasteiger partial charge in [-0.1, -0.05) is 18.2 Å². The average molecular weight is 540 g/mol. The maximum absolute atomic E-state index is 11.8. The minimum Gasteiger partial charge on any atom is -0.490 e. The van der Waals surface area contributed by atoms with Gasteiger partial charge in [0, 0.05) is 17.4 Å². The van der Waals surface area contributed by atoms with Crippen molar-refractivity contribution in [1.29, 1.82) is 0 Å². The fourth-order valence-corrected chi connectivity index (χ4v) is 5.71. The van der Waals surface area contributed by atoms with Crippen LogP contribution >= 0.6 is 12.2 Å². The van der Waals surface area contributed by atoms with E-state index in [0.717, 1.165) is 41.3 Å². The maximum atomic E-state index is 11.8. The van der Waals surface area contributed by atoms with Gasteiger partial charge in [0.15, 0.2) is 5.11 Å². The van der Waals surface area contributed by atoms with Crippen molar-refractivity contribution in [3.05, 3.63) is 102 Å². The van der Waals surface area contributed by atoms with Gasteiger partial charge in [-0.05, 0) is 98.6 Å². The van der Waals surface area contributed by atoms with E-state index in [2.05, 4.69) is 15.2 Å². The lowest BCUT2D eigenvalue weighted by atomic mass is 10.0. The summed E-state index contributed by atoms with van der Waals surface area (Å²) in [6.45, 7) is 0. The van der Waals surface area contributed by atoms with Gasteiger partial charge in [-0.2, -0.15) is 0 Å². The summed E-state index contributed by atoms with van der Waals surface area (Å²) in [6, 6.07) is 24.6. The van der Waals surface area contributed by atoms with Crippen LogP contribution < -0.4 is 15.0 Å². The molecule has 1 saturated carbocycles. The predicted octanol–water partition coefficient (Wildman–Crippen LogP) is 6.63. The number of carbonyl (C=O) groups excluding carboxylic acids is 1. The van der Waals surface area contributed by atoms with E-state index in [4.69, 9.17) is 26.1 Å². The standard InChI is InChI=1S/C31H29N3O4S/c1-36-30(35)21-11-9-20(10-12-21)26-17-18-27(38-26)29-28(25-8-4-5-19-32-25)33-31(39)34(29)22-13-15-24(16-14-22)37-23-6-2-3-7-23/h4-5,8-19,23,28-29H,2-3,6-7H2,1H3,(H,33,39)/t28-,29+/m0/s1. The zero-order chi connectivity index (χ0) is 26.8. The largest absolute Gasteiger partial charge is 0.490 e. The van der Waals surface area contributed by atoms with Crippen LogP contribution in [-0.2, 0) is 4.74 Å². The summed E-state index contributed by atoms with van der Waals surface area (Å²) in [6.07, 6.45) is 6.77. The molecule has 1 aliphatic carbocycles. The fraction of sp³-hybridized carbons (Fsp3) is 0.258. The molecule has 0 unspecified atom stereocenters. The van der Waals surface area contributed by atoms with Crippen molar-refractivity contribution in [1.82, 2.24) is 10.3 Å². The third-order valence-electron chi connectivity index (χ3n) is 7.33. The van der Waals surface area contributed by atoms with Crippen molar-refractivity contribution >= 4 is 29.0 Å². The van der Waals surface area contributed by atoms with Crippen LogP contribution in [0.25, 0.3) is 11.3 Å². The number of hydrogen-bond acceptors (Lipinski definition) is 6. The highest BCUT2D eigenvalue weighted by molar-refractivity contribution is 7.80. The predicted molar refractivity (Wildman–Crippen MR) is 153 cm³/mol. The van der Waals surface area contributed by atoms with Gasteiger partial charge in [0.05, 0.1) is 30.5 Å². The second kappa shape index (κ2) is 10.9. The van der Waals surface area contributed by atoms with Gasteiger partial charge in [-0.25, -0.2) is 4.79 Å². The van der Waals surface area contributed by atoms with E-state index < -0.39 is 0 Å². The van der Waals surface area contributed by atoms with Crippen molar-refractivity contribution in [3.8, 4) is 17.1 Å². The first-order chi connectivity index (χ1) is 19.1. The highest BCUT2D eigenvalue weighted by Gasteiger charge is 2.42. The van der Waals surface area contributed by atoms with Crippen LogP contribution in [0.1, 0.15) is 59.6 Å². The minimum absolute atomic E-state index is 0.214. The summed E-state index contributed by atoms with van der Waals surface area (Å²) >= 11 is 5.85. The summed E-state index contributed by atoms with van der Waals surface area (Å²) in [5, 5.41) is 4.07. The number of esters is 1. The number of rotatable bonds is 7. The number of benzene rings is 2. The number of ether oxygens (including phenoxy) is 2. The van der Waals surface area contributed by atoms with Gasteiger partial charge < -0.3 is 24.1 Å². The van der Waals surface area contributed by atoms with Crippen molar-refractivity contribution in [2.45, 2.75) is 43.9 Å². The number of thiocarbonyl (C=S) groups is 1. The number of carbonyl (C=O) groups is 1. The molecule has 8 heteroatoms. The zero-order valence-corrected chi connectivity index (χ0v) is 22.4. The molecule has 1 saturated heterocycles. The summed E-state index contributed by atoms with van der Waals surface area (Å²) in [5.74, 6) is 1.94. The Kier molecular flexibility index (Phi) is 7.02. The van der Waals surface area contributed by atoms with Crippen LogP contribution in [0.15, 0.2) is 89.5 Å². The monoisotopic (exact) mass is 539 g/mol. The Labute approximate surface area is 232 Å². The SMILES string of the molecule is COC(=O)c1ccc(-c2ccc([C@@H]3[C@H](c4ccccn4)NC(=S)N3c3ccc(OC4CCCC4)cc3)o2)cc1. The van der Waals surface area contributed by atoms with Gasteiger partial charge in [0.2, 0.25) is 0 Å². The summed E-state index contributed by atoms with van der Waals surface area (Å²) in [5.41, 5.74) is 3.15. The third-order valence-corrected chi connectivity index (χ3v) is 7.64. The highest BCUT2D eigenvalue weighted by Crippen LogP contribution is 2.43. The molecule has 0 radical (unpaired) electrons. The number of nitrogens with zero attached hydrogens (tertiary/aromatic N) is 2. The fourth-order valence-electron chi connectivity index (χ4n) is 5.36. The van der Waals surface area contributed by atoms with E-state index in [-0.39, 0.29) is 18.1 Å². The molecule has 1 N–H and O–H groups in total. The second-order valence-electron chi connectivity index (χ2n) is 9.79. The molecule has 2 atom stereocenters. The Balaban J connectivity index is 1.32. The Morgan fingerprint density at radius 3 is 2.46 bits per heavy atom. The summed E-state index contributed by atoms with van der Waals surface area (Å²) < 4.78 is 17.4. The third kappa shape index (κ3) is 5.12. The molecule has 2 aliphatic rings. The molecule has 39 heavy (non-hydrogen) atoms. The van der Waals surface area contributed by atoms with E-state index in [1.54, 1.807) is 18.3 Å². The Hall–Kier alpha value is -4.17.